The number of benzene rings is 3. The first-order valence-corrected chi connectivity index (χ1v) is 10.3. The van der Waals surface area contributed by atoms with Crippen LogP contribution < -0.4 is 9.96 Å². The van der Waals surface area contributed by atoms with Gasteiger partial charge < -0.3 is 5.11 Å². The number of carbonyl (C=O) groups is 3. The van der Waals surface area contributed by atoms with Gasteiger partial charge in [0.25, 0.3) is 5.91 Å². The Hall–Kier alpha value is -3.68. The summed E-state index contributed by atoms with van der Waals surface area (Å²) >= 11 is 6.26. The fraction of sp³-hybridized carbons (Fsp3) is 0.125. The second-order valence-electron chi connectivity index (χ2n) is 7.51. The second kappa shape index (κ2) is 7.78. The fourth-order valence-corrected chi connectivity index (χ4v) is 4.57. The van der Waals surface area contributed by atoms with Gasteiger partial charge in [-0.05, 0) is 35.9 Å². The minimum absolute atomic E-state index is 0.0409. The van der Waals surface area contributed by atoms with E-state index in [1.54, 1.807) is 66.7 Å². The first-order valence-electron chi connectivity index (χ1n) is 9.94. The Morgan fingerprint density at radius 1 is 0.875 bits per heavy atom. The quantitative estimate of drug-likeness (QED) is 0.605. The maximum absolute atomic E-state index is 13.6. The molecule has 2 fully saturated rings. The lowest BCUT2D eigenvalue weighted by atomic mass is 9.88. The van der Waals surface area contributed by atoms with Crippen LogP contribution in [-0.2, 0) is 14.4 Å². The Kier molecular flexibility index (Phi) is 4.92. The minimum atomic E-state index is -1.13. The molecule has 0 spiro atoms. The van der Waals surface area contributed by atoms with E-state index in [-0.39, 0.29) is 16.3 Å². The Labute approximate surface area is 188 Å². The summed E-state index contributed by atoms with van der Waals surface area (Å²) in [4.78, 5) is 45.9. The molecule has 5 rings (SSSR count). The van der Waals surface area contributed by atoms with Crippen molar-refractivity contribution < 1.29 is 24.3 Å². The molecule has 32 heavy (non-hydrogen) atoms. The predicted molar refractivity (Wildman–Crippen MR) is 117 cm³/mol. The highest BCUT2D eigenvalue weighted by atomic mass is 35.5. The van der Waals surface area contributed by atoms with Crippen molar-refractivity contribution in [3.8, 4) is 0 Å². The van der Waals surface area contributed by atoms with Crippen LogP contribution in [-0.4, -0.2) is 29.0 Å². The summed E-state index contributed by atoms with van der Waals surface area (Å²) in [6.07, 6.45) is -1.11. The smallest absolute Gasteiger partial charge is 0.336 e. The average Bonchev–Trinajstić information content (AvgIpc) is 3.31. The highest BCUT2D eigenvalue weighted by Crippen LogP contribution is 2.48. The SMILES string of the molecule is O=C(O)c1ccccc1[C@H]1[C@H]2C(=O)N(c3ccccc3Cl)C(=O)[C@@H]2ON1c1ccccc1. The van der Waals surface area contributed by atoms with Gasteiger partial charge in [-0.25, -0.2) is 14.8 Å². The van der Waals surface area contributed by atoms with Crippen molar-refractivity contribution in [1.29, 1.82) is 0 Å². The number of carboxylic acid groups (broad SMARTS) is 1. The van der Waals surface area contributed by atoms with E-state index in [0.29, 0.717) is 11.3 Å². The van der Waals surface area contributed by atoms with Gasteiger partial charge in [-0.3, -0.25) is 14.4 Å². The molecule has 0 saturated carbocycles. The van der Waals surface area contributed by atoms with Crippen LogP contribution in [0, 0.1) is 5.92 Å². The van der Waals surface area contributed by atoms with Crippen molar-refractivity contribution in [2.75, 3.05) is 9.96 Å². The number of hydrogen-bond donors (Lipinski definition) is 1. The van der Waals surface area contributed by atoms with Crippen LogP contribution in [0.3, 0.4) is 0 Å². The molecule has 1 N–H and O–H groups in total. The highest BCUT2D eigenvalue weighted by molar-refractivity contribution is 6.36. The third-order valence-corrected chi connectivity index (χ3v) is 6.05. The number of carboxylic acids is 1. The lowest BCUT2D eigenvalue weighted by Crippen LogP contribution is -2.37. The maximum Gasteiger partial charge on any atom is 0.336 e. The monoisotopic (exact) mass is 448 g/mol. The minimum Gasteiger partial charge on any atom is -0.478 e. The Morgan fingerprint density at radius 3 is 2.25 bits per heavy atom. The first-order chi connectivity index (χ1) is 15.5. The maximum atomic E-state index is 13.6. The molecule has 2 amide bonds. The van der Waals surface area contributed by atoms with E-state index in [4.69, 9.17) is 16.4 Å². The van der Waals surface area contributed by atoms with Crippen LogP contribution in [0.5, 0.6) is 0 Å². The average molecular weight is 449 g/mol. The number of para-hydroxylation sites is 2. The van der Waals surface area contributed by atoms with Gasteiger partial charge in [0, 0.05) is 0 Å². The molecule has 0 aliphatic carbocycles. The van der Waals surface area contributed by atoms with Crippen LogP contribution >= 0.6 is 11.6 Å². The van der Waals surface area contributed by atoms with Crippen molar-refractivity contribution >= 4 is 40.8 Å². The van der Waals surface area contributed by atoms with E-state index < -0.39 is 35.8 Å². The van der Waals surface area contributed by atoms with Gasteiger partial charge in [0.1, 0.15) is 5.92 Å². The van der Waals surface area contributed by atoms with E-state index in [9.17, 15) is 19.5 Å². The van der Waals surface area contributed by atoms with Crippen LogP contribution in [0.25, 0.3) is 0 Å². The number of rotatable bonds is 4. The number of amides is 2. The molecule has 0 aromatic heterocycles. The normalized spacial score (nSPS) is 22.3. The third kappa shape index (κ3) is 3.05. The molecule has 2 heterocycles. The Bertz CT molecular complexity index is 1230. The number of fused-ring (bicyclic) bond motifs is 1. The number of halogens is 1. The summed E-state index contributed by atoms with van der Waals surface area (Å²) in [6.45, 7) is 0. The van der Waals surface area contributed by atoms with Crippen LogP contribution in [0.1, 0.15) is 22.0 Å². The molecule has 7 nitrogen and oxygen atoms in total. The second-order valence-corrected chi connectivity index (χ2v) is 7.92. The van der Waals surface area contributed by atoms with Gasteiger partial charge >= 0.3 is 5.97 Å². The Morgan fingerprint density at radius 2 is 1.53 bits per heavy atom. The van der Waals surface area contributed by atoms with Gasteiger partial charge in [-0.2, -0.15) is 0 Å². The molecular weight excluding hydrogens is 432 g/mol. The topological polar surface area (TPSA) is 87.2 Å². The zero-order valence-electron chi connectivity index (χ0n) is 16.6. The molecule has 0 unspecified atom stereocenters. The molecule has 3 atom stereocenters. The number of anilines is 2. The number of hydrogen-bond acceptors (Lipinski definition) is 5. The number of imide groups is 1. The molecule has 160 valence electrons. The molecule has 2 aliphatic rings. The zero-order chi connectivity index (χ0) is 22.4. The number of nitrogens with zero attached hydrogens (tertiary/aromatic N) is 2. The van der Waals surface area contributed by atoms with E-state index >= 15 is 0 Å². The van der Waals surface area contributed by atoms with Crippen molar-refractivity contribution in [2.45, 2.75) is 12.1 Å². The van der Waals surface area contributed by atoms with Gasteiger partial charge in [-0.1, -0.05) is 60.1 Å². The number of hydroxylamine groups is 1. The predicted octanol–water partition coefficient (Wildman–Crippen LogP) is 4.09. The standard InChI is InChI=1S/C24H17ClN2O5/c25-17-12-6-7-13-18(17)26-22(28)19-20(15-10-4-5-11-16(15)24(30)31)27(32-21(19)23(26)29)14-8-2-1-3-9-14/h1-13,19-21H,(H,30,31)/t19-,20+,21-/m1/s1. The molecule has 8 heteroatoms. The zero-order valence-corrected chi connectivity index (χ0v) is 17.3. The molecule has 3 aromatic carbocycles. The van der Waals surface area contributed by atoms with E-state index in [1.807, 2.05) is 6.07 Å². The van der Waals surface area contributed by atoms with Crippen LogP contribution in [0.4, 0.5) is 11.4 Å². The largest absolute Gasteiger partial charge is 0.478 e. The summed E-state index contributed by atoms with van der Waals surface area (Å²) in [5, 5.41) is 11.5. The number of aromatic carboxylic acids is 1. The lowest BCUT2D eigenvalue weighted by Gasteiger charge is -2.29. The summed E-state index contributed by atoms with van der Waals surface area (Å²) in [7, 11) is 0. The van der Waals surface area contributed by atoms with Gasteiger partial charge in [0.2, 0.25) is 5.91 Å². The third-order valence-electron chi connectivity index (χ3n) is 5.73. The van der Waals surface area contributed by atoms with Gasteiger partial charge in [-0.15, -0.1) is 0 Å². The summed E-state index contributed by atoms with van der Waals surface area (Å²) in [5.74, 6) is -3.10. The molecule has 2 saturated heterocycles. The van der Waals surface area contributed by atoms with Crippen molar-refractivity contribution in [3.63, 3.8) is 0 Å². The lowest BCUT2D eigenvalue weighted by molar-refractivity contribution is -0.126. The fourth-order valence-electron chi connectivity index (χ4n) is 4.35. The van der Waals surface area contributed by atoms with Gasteiger partial charge in [0.05, 0.1) is 28.0 Å². The summed E-state index contributed by atoms with van der Waals surface area (Å²) in [6, 6.07) is 21.2. The highest BCUT2D eigenvalue weighted by Gasteiger charge is 2.61. The van der Waals surface area contributed by atoms with Crippen LogP contribution in [0.2, 0.25) is 5.02 Å². The van der Waals surface area contributed by atoms with E-state index in [0.717, 1.165) is 4.90 Å². The van der Waals surface area contributed by atoms with Crippen LogP contribution in [0.15, 0.2) is 78.9 Å². The Balaban J connectivity index is 1.65. The summed E-state index contributed by atoms with van der Waals surface area (Å²) < 4.78 is 0. The van der Waals surface area contributed by atoms with E-state index in [2.05, 4.69) is 0 Å². The van der Waals surface area contributed by atoms with E-state index in [1.165, 1.54) is 11.1 Å². The van der Waals surface area contributed by atoms with Crippen molar-refractivity contribution in [1.82, 2.24) is 0 Å². The summed E-state index contributed by atoms with van der Waals surface area (Å²) in [5.41, 5.74) is 1.31. The molecule has 3 aromatic rings. The number of carbonyl (C=O) groups excluding carboxylic acids is 2. The molecule has 0 radical (unpaired) electrons. The van der Waals surface area contributed by atoms with Gasteiger partial charge in [0.15, 0.2) is 6.10 Å². The van der Waals surface area contributed by atoms with Crippen molar-refractivity contribution in [3.05, 3.63) is 95.0 Å². The van der Waals surface area contributed by atoms with Crippen molar-refractivity contribution in [2.24, 2.45) is 5.92 Å². The molecule has 0 bridgehead atoms. The molecular formula is C24H17ClN2O5. The molecule has 2 aliphatic heterocycles. The first kappa shape index (κ1) is 20.2.